The number of aromatic nitrogens is 1. The summed E-state index contributed by atoms with van der Waals surface area (Å²) < 4.78 is 0. The van der Waals surface area contributed by atoms with Gasteiger partial charge in [-0.15, -0.1) is 11.3 Å². The molecule has 5 N–H and O–H groups in total. The van der Waals surface area contributed by atoms with E-state index in [-0.39, 0.29) is 12.8 Å². The van der Waals surface area contributed by atoms with Crippen LogP contribution in [-0.2, 0) is 29.0 Å². The quantitative estimate of drug-likeness (QED) is 0.226. The molecule has 2 aromatic carbocycles. The maximum absolute atomic E-state index is 9.64. The SMILES string of the molecule is CCCNc1nc(-c2ccc(CNc3c(Cl)ccc4c3CCNCC4)cc2)cs1.O=C(O)CCC(=O)O. The average Bonchev–Trinajstić information content (AvgIpc) is 3.23. The highest BCUT2D eigenvalue weighted by Gasteiger charge is 2.14. The third kappa shape index (κ3) is 9.03. The highest BCUT2D eigenvalue weighted by molar-refractivity contribution is 7.14. The van der Waals surface area contributed by atoms with Crippen LogP contribution in [0.15, 0.2) is 41.8 Å². The van der Waals surface area contributed by atoms with E-state index in [1.54, 1.807) is 11.3 Å². The lowest BCUT2D eigenvalue weighted by molar-refractivity contribution is -0.143. The topological polar surface area (TPSA) is 124 Å². The molecule has 37 heavy (non-hydrogen) atoms. The molecule has 4 rings (SSSR count). The molecule has 0 radical (unpaired) electrons. The first kappa shape index (κ1) is 28.4. The maximum atomic E-state index is 9.64. The van der Waals surface area contributed by atoms with Gasteiger partial charge < -0.3 is 26.2 Å². The summed E-state index contributed by atoms with van der Waals surface area (Å²) in [6, 6.07) is 12.8. The van der Waals surface area contributed by atoms with E-state index in [9.17, 15) is 9.59 Å². The van der Waals surface area contributed by atoms with Crippen LogP contribution >= 0.6 is 22.9 Å². The standard InChI is InChI=1S/C23H27ClN4S.C4H6O4/c1-2-11-26-23-28-21(15-29-23)18-5-3-16(4-6-18)14-27-22-19-10-13-25-12-9-17(19)7-8-20(22)24;5-3(6)1-2-4(7)8/h3-8,15,25,27H,2,9-14H2,1H3,(H,26,28);1-2H2,(H,5,6)(H,7,8). The molecule has 0 amide bonds. The van der Waals surface area contributed by atoms with E-state index in [4.69, 9.17) is 21.8 Å². The Kier molecular flexibility index (Phi) is 11.2. The van der Waals surface area contributed by atoms with Crippen molar-refractivity contribution in [3.63, 3.8) is 0 Å². The minimum absolute atomic E-state index is 0.296. The number of carboxylic acids is 2. The summed E-state index contributed by atoms with van der Waals surface area (Å²) in [5.41, 5.74) is 7.24. The highest BCUT2D eigenvalue weighted by atomic mass is 35.5. The summed E-state index contributed by atoms with van der Waals surface area (Å²) in [4.78, 5) is 24.0. The second-order valence-electron chi connectivity index (χ2n) is 8.61. The molecule has 1 aliphatic rings. The maximum Gasteiger partial charge on any atom is 0.303 e. The molecule has 3 aromatic rings. The summed E-state index contributed by atoms with van der Waals surface area (Å²) in [5, 5.41) is 30.1. The Hall–Kier alpha value is -3.14. The van der Waals surface area contributed by atoms with E-state index in [0.717, 1.165) is 72.5 Å². The summed E-state index contributed by atoms with van der Waals surface area (Å²) in [7, 11) is 0. The van der Waals surface area contributed by atoms with Crippen LogP contribution in [0.3, 0.4) is 0 Å². The van der Waals surface area contributed by atoms with Gasteiger partial charge in [-0.3, -0.25) is 9.59 Å². The molecular formula is C27H33ClN4O4S. The lowest BCUT2D eigenvalue weighted by Gasteiger charge is -2.16. The Bertz CT molecular complexity index is 1170. The summed E-state index contributed by atoms with van der Waals surface area (Å²) in [6.45, 7) is 5.90. The molecule has 0 fully saturated rings. The number of benzene rings is 2. The second kappa shape index (κ2) is 14.6. The fourth-order valence-electron chi connectivity index (χ4n) is 3.85. The van der Waals surface area contributed by atoms with E-state index in [2.05, 4.69) is 63.6 Å². The van der Waals surface area contributed by atoms with E-state index in [1.807, 2.05) is 6.07 Å². The van der Waals surface area contributed by atoms with Crippen molar-refractivity contribution < 1.29 is 19.8 Å². The summed E-state index contributed by atoms with van der Waals surface area (Å²) in [5.74, 6) is -2.15. The van der Waals surface area contributed by atoms with Crippen molar-refractivity contribution in [1.29, 1.82) is 0 Å². The van der Waals surface area contributed by atoms with Crippen LogP contribution in [0.1, 0.15) is 42.9 Å². The zero-order valence-electron chi connectivity index (χ0n) is 20.8. The van der Waals surface area contributed by atoms with Crippen molar-refractivity contribution in [1.82, 2.24) is 10.3 Å². The largest absolute Gasteiger partial charge is 0.481 e. The molecule has 0 aliphatic carbocycles. The van der Waals surface area contributed by atoms with Gasteiger partial charge in [-0.05, 0) is 55.1 Å². The molecule has 1 aliphatic heterocycles. The number of nitrogens with zero attached hydrogens (tertiary/aromatic N) is 1. The fraction of sp³-hybridized carbons (Fsp3) is 0.370. The van der Waals surface area contributed by atoms with E-state index in [0.29, 0.717) is 0 Å². The van der Waals surface area contributed by atoms with Crippen molar-refractivity contribution in [3.8, 4) is 11.3 Å². The van der Waals surface area contributed by atoms with Gasteiger partial charge in [-0.25, -0.2) is 4.98 Å². The van der Waals surface area contributed by atoms with Gasteiger partial charge in [0.05, 0.1) is 29.2 Å². The number of hydrogen-bond acceptors (Lipinski definition) is 7. The van der Waals surface area contributed by atoms with E-state index in [1.165, 1.54) is 16.7 Å². The Morgan fingerprint density at radius 1 is 1.03 bits per heavy atom. The Morgan fingerprint density at radius 3 is 2.41 bits per heavy atom. The van der Waals surface area contributed by atoms with Gasteiger partial charge in [0.1, 0.15) is 0 Å². The fourth-order valence-corrected chi connectivity index (χ4v) is 4.84. The summed E-state index contributed by atoms with van der Waals surface area (Å²) in [6.07, 6.45) is 2.57. The van der Waals surface area contributed by atoms with Crippen molar-refractivity contribution >= 4 is 45.7 Å². The summed E-state index contributed by atoms with van der Waals surface area (Å²) >= 11 is 8.19. The van der Waals surface area contributed by atoms with Gasteiger partial charge in [0.25, 0.3) is 0 Å². The number of carbonyl (C=O) groups is 2. The number of rotatable bonds is 10. The molecule has 198 valence electrons. The molecule has 0 bridgehead atoms. The predicted octanol–water partition coefficient (Wildman–Crippen LogP) is 5.52. The van der Waals surface area contributed by atoms with Crippen molar-refractivity contribution in [2.24, 2.45) is 0 Å². The van der Waals surface area contributed by atoms with Crippen LogP contribution in [0.2, 0.25) is 5.02 Å². The van der Waals surface area contributed by atoms with Crippen LogP contribution < -0.4 is 16.0 Å². The van der Waals surface area contributed by atoms with Gasteiger partial charge >= 0.3 is 11.9 Å². The van der Waals surface area contributed by atoms with Crippen molar-refractivity contribution in [2.75, 3.05) is 30.3 Å². The molecule has 0 spiro atoms. The zero-order chi connectivity index (χ0) is 26.6. The number of thiazole rings is 1. The van der Waals surface area contributed by atoms with Crippen LogP contribution in [0.4, 0.5) is 10.8 Å². The van der Waals surface area contributed by atoms with Crippen LogP contribution in [0, 0.1) is 0 Å². The average molecular weight is 545 g/mol. The predicted molar refractivity (Wildman–Crippen MR) is 150 cm³/mol. The van der Waals surface area contributed by atoms with Crippen molar-refractivity contribution in [3.05, 3.63) is 63.5 Å². The normalized spacial score (nSPS) is 12.5. The Labute approximate surface area is 226 Å². The Balaban J connectivity index is 0.000000414. The third-order valence-corrected chi connectivity index (χ3v) is 6.90. The lowest BCUT2D eigenvalue weighted by atomic mass is 10.0. The van der Waals surface area contributed by atoms with E-state index >= 15 is 0 Å². The van der Waals surface area contributed by atoms with Crippen LogP contribution in [0.25, 0.3) is 11.3 Å². The minimum Gasteiger partial charge on any atom is -0.481 e. The van der Waals surface area contributed by atoms with Gasteiger partial charge in [0.2, 0.25) is 0 Å². The van der Waals surface area contributed by atoms with Crippen LogP contribution in [0.5, 0.6) is 0 Å². The number of fused-ring (bicyclic) bond motifs is 1. The molecular weight excluding hydrogens is 512 g/mol. The number of halogens is 1. The molecule has 8 nitrogen and oxygen atoms in total. The number of hydrogen-bond donors (Lipinski definition) is 5. The zero-order valence-corrected chi connectivity index (χ0v) is 22.4. The lowest BCUT2D eigenvalue weighted by Crippen LogP contribution is -2.16. The number of anilines is 2. The Morgan fingerprint density at radius 2 is 1.73 bits per heavy atom. The second-order valence-corrected chi connectivity index (χ2v) is 9.88. The molecule has 0 saturated carbocycles. The highest BCUT2D eigenvalue weighted by Crippen LogP contribution is 2.31. The first-order valence-corrected chi connectivity index (χ1v) is 13.6. The van der Waals surface area contributed by atoms with E-state index < -0.39 is 11.9 Å². The first-order chi connectivity index (χ1) is 17.9. The molecule has 2 heterocycles. The van der Waals surface area contributed by atoms with Gasteiger partial charge in [0.15, 0.2) is 5.13 Å². The monoisotopic (exact) mass is 544 g/mol. The number of aliphatic carboxylic acids is 2. The van der Waals surface area contributed by atoms with Gasteiger partial charge in [-0.2, -0.15) is 0 Å². The third-order valence-electron chi connectivity index (χ3n) is 5.78. The number of carboxylic acid groups (broad SMARTS) is 2. The smallest absolute Gasteiger partial charge is 0.303 e. The van der Waals surface area contributed by atoms with Gasteiger partial charge in [0, 0.05) is 24.0 Å². The van der Waals surface area contributed by atoms with Gasteiger partial charge in [-0.1, -0.05) is 48.9 Å². The number of nitrogens with one attached hydrogen (secondary N) is 3. The van der Waals surface area contributed by atoms with Crippen molar-refractivity contribution in [2.45, 2.75) is 45.6 Å². The first-order valence-electron chi connectivity index (χ1n) is 12.3. The molecule has 10 heteroatoms. The molecule has 0 saturated heterocycles. The van der Waals surface area contributed by atoms with Crippen LogP contribution in [-0.4, -0.2) is 46.8 Å². The molecule has 0 unspecified atom stereocenters. The molecule has 0 atom stereocenters. The minimum atomic E-state index is -1.08. The molecule has 1 aromatic heterocycles.